The maximum atomic E-state index is 5.49. The molecule has 0 aliphatic rings. The molecule has 3 heteroatoms. The first-order chi connectivity index (χ1) is 5.04. The third-order valence-electron chi connectivity index (χ3n) is 1.32. The van der Waals surface area contributed by atoms with Crippen LogP contribution in [-0.4, -0.2) is 51.4 Å². The topological polar surface area (TPSA) is 6.48 Å². The lowest BCUT2D eigenvalue weighted by molar-refractivity contribution is 0.299. The van der Waals surface area contributed by atoms with Gasteiger partial charge >= 0.3 is 0 Å². The van der Waals surface area contributed by atoms with Crippen LogP contribution in [0.1, 0.15) is 20.8 Å². The van der Waals surface area contributed by atoms with Crippen LogP contribution < -0.4 is 0 Å². The molecule has 0 rings (SSSR count). The number of rotatable bonds is 3. The second-order valence-corrected chi connectivity index (χ2v) is 2.78. The molecule has 0 spiro atoms. The maximum Gasteiger partial charge on any atom is 0.182 e. The molecule has 66 valence electrons. The van der Waals surface area contributed by atoms with Crippen molar-refractivity contribution in [3.05, 3.63) is 0 Å². The van der Waals surface area contributed by atoms with Crippen LogP contribution in [0.2, 0.25) is 0 Å². The highest BCUT2D eigenvalue weighted by atomic mass is 15.1. The number of hydrogen-bond acceptors (Lipinski definition) is 2. The third kappa shape index (κ3) is 9.98. The van der Waals surface area contributed by atoms with E-state index < -0.39 is 0 Å². The molecule has 0 aromatic heterocycles. The van der Waals surface area contributed by atoms with Gasteiger partial charge in [-0.1, -0.05) is 13.8 Å². The largest absolute Gasteiger partial charge is 0.353 e. The van der Waals surface area contributed by atoms with Gasteiger partial charge in [-0.25, -0.2) is 0 Å². The van der Waals surface area contributed by atoms with Crippen LogP contribution in [0.3, 0.4) is 0 Å². The molecule has 2 radical (unpaired) electrons. The zero-order chi connectivity index (χ0) is 9.44. The van der Waals surface area contributed by atoms with Crippen molar-refractivity contribution in [1.29, 1.82) is 0 Å². The summed E-state index contributed by atoms with van der Waals surface area (Å²) < 4.78 is 0. The Morgan fingerprint density at radius 2 is 1.55 bits per heavy atom. The first kappa shape index (κ1) is 13.6. The van der Waals surface area contributed by atoms with E-state index in [0.29, 0.717) is 6.04 Å². The molecular weight excluding hydrogens is 135 g/mol. The van der Waals surface area contributed by atoms with Crippen molar-refractivity contribution in [3.8, 4) is 0 Å². The molecule has 0 amide bonds. The van der Waals surface area contributed by atoms with Gasteiger partial charge in [-0.15, -0.1) is 0 Å². The predicted molar refractivity (Wildman–Crippen MR) is 52.9 cm³/mol. The van der Waals surface area contributed by atoms with Crippen LogP contribution in [-0.2, 0) is 0 Å². The first-order valence-electron chi connectivity index (χ1n) is 4.16. The molecule has 1 unspecified atom stereocenters. The van der Waals surface area contributed by atoms with Crippen molar-refractivity contribution in [2.75, 3.05) is 27.7 Å². The summed E-state index contributed by atoms with van der Waals surface area (Å²) in [6, 6.07) is 0.431. The zero-order valence-electron chi connectivity index (χ0n) is 8.76. The average Bonchev–Trinajstić information content (AvgIpc) is 1.90. The van der Waals surface area contributed by atoms with Crippen molar-refractivity contribution in [2.45, 2.75) is 26.8 Å². The minimum absolute atomic E-state index is 0.431. The maximum absolute atomic E-state index is 5.49. The van der Waals surface area contributed by atoms with E-state index in [4.69, 9.17) is 7.98 Å². The van der Waals surface area contributed by atoms with E-state index in [1.807, 2.05) is 35.0 Å². The summed E-state index contributed by atoms with van der Waals surface area (Å²) in [5.41, 5.74) is 0. The summed E-state index contributed by atoms with van der Waals surface area (Å²) in [4.78, 5) is 3.84. The van der Waals surface area contributed by atoms with E-state index in [1.165, 1.54) is 0 Å². The van der Waals surface area contributed by atoms with Gasteiger partial charge in [0.15, 0.2) is 7.98 Å². The Bertz CT molecular complexity index is 74.5. The Hall–Kier alpha value is -0.0151. The minimum Gasteiger partial charge on any atom is -0.353 e. The van der Waals surface area contributed by atoms with Crippen molar-refractivity contribution in [3.63, 3.8) is 0 Å². The molecule has 0 aromatic carbocycles. The van der Waals surface area contributed by atoms with Crippen LogP contribution in [0.15, 0.2) is 0 Å². The molecule has 1 atom stereocenters. The van der Waals surface area contributed by atoms with Gasteiger partial charge in [0.2, 0.25) is 0 Å². The van der Waals surface area contributed by atoms with E-state index in [1.54, 1.807) is 4.81 Å². The fourth-order valence-electron chi connectivity index (χ4n) is 0.657. The minimum atomic E-state index is 0.431. The fourth-order valence-corrected chi connectivity index (χ4v) is 0.657. The van der Waals surface area contributed by atoms with Crippen LogP contribution in [0, 0.1) is 0 Å². The Morgan fingerprint density at radius 3 is 1.64 bits per heavy atom. The van der Waals surface area contributed by atoms with Gasteiger partial charge in [0.1, 0.15) is 0 Å². The standard InChI is InChI=1S/C6H15BN2.C2H6/c1-6(9(4)7)5-8(2)3;1-2/h6H,5H2,1-4H3;1-2H3. The Kier molecular flexibility index (Phi) is 9.97. The number of nitrogens with zero attached hydrogens (tertiary/aromatic N) is 2. The summed E-state index contributed by atoms with van der Waals surface area (Å²) in [5, 5.41) is 0. The molecular formula is C8H21BN2. The third-order valence-corrected chi connectivity index (χ3v) is 1.32. The lowest BCUT2D eigenvalue weighted by atomic mass is 10.2. The summed E-state index contributed by atoms with van der Waals surface area (Å²) in [6.45, 7) is 7.10. The quantitative estimate of drug-likeness (QED) is 0.562. The molecule has 0 aliphatic carbocycles. The zero-order valence-corrected chi connectivity index (χ0v) is 8.76. The monoisotopic (exact) mass is 156 g/mol. The van der Waals surface area contributed by atoms with Crippen LogP contribution >= 0.6 is 0 Å². The second kappa shape index (κ2) is 8.09. The first-order valence-corrected chi connectivity index (χ1v) is 4.16. The highest BCUT2D eigenvalue weighted by molar-refractivity contribution is 6.04. The van der Waals surface area contributed by atoms with Crippen molar-refractivity contribution < 1.29 is 0 Å². The SMILES string of the molecule is CC.[B]N(C)C(C)CN(C)C. The summed E-state index contributed by atoms with van der Waals surface area (Å²) in [6.07, 6.45) is 0. The van der Waals surface area contributed by atoms with Crippen molar-refractivity contribution in [2.24, 2.45) is 0 Å². The molecule has 0 saturated heterocycles. The van der Waals surface area contributed by atoms with Crippen LogP contribution in [0.5, 0.6) is 0 Å². The van der Waals surface area contributed by atoms with Gasteiger partial charge in [-0.3, -0.25) is 0 Å². The van der Waals surface area contributed by atoms with Crippen LogP contribution in [0.4, 0.5) is 0 Å². The normalized spacial score (nSPS) is 12.7. The Morgan fingerprint density at radius 1 is 1.18 bits per heavy atom. The van der Waals surface area contributed by atoms with Gasteiger partial charge in [-0.05, 0) is 28.1 Å². The van der Waals surface area contributed by atoms with Crippen LogP contribution in [0.25, 0.3) is 0 Å². The average molecular weight is 156 g/mol. The van der Waals surface area contributed by atoms with Crippen molar-refractivity contribution in [1.82, 2.24) is 9.71 Å². The summed E-state index contributed by atoms with van der Waals surface area (Å²) >= 11 is 0. The molecule has 2 nitrogen and oxygen atoms in total. The predicted octanol–water partition coefficient (Wildman–Crippen LogP) is 0.978. The molecule has 0 saturated carbocycles. The lowest BCUT2D eigenvalue weighted by Gasteiger charge is -2.23. The Labute approximate surface area is 73.0 Å². The van der Waals surface area contributed by atoms with Gasteiger partial charge in [0.05, 0.1) is 0 Å². The Balaban J connectivity index is 0. The molecule has 0 aliphatic heterocycles. The molecule has 0 fully saturated rings. The number of likely N-dealkylation sites (N-methyl/N-ethyl adjacent to an activating group) is 2. The van der Waals surface area contributed by atoms with E-state index in [9.17, 15) is 0 Å². The van der Waals surface area contributed by atoms with Crippen molar-refractivity contribution >= 4 is 7.98 Å². The van der Waals surface area contributed by atoms with E-state index >= 15 is 0 Å². The van der Waals surface area contributed by atoms with Gasteiger partial charge in [0.25, 0.3) is 0 Å². The second-order valence-electron chi connectivity index (χ2n) is 2.78. The fraction of sp³-hybridized carbons (Fsp3) is 1.00. The van der Waals surface area contributed by atoms with Gasteiger partial charge in [-0.2, -0.15) is 0 Å². The molecule has 0 N–H and O–H groups in total. The molecule has 0 heterocycles. The van der Waals surface area contributed by atoms with E-state index in [-0.39, 0.29) is 0 Å². The molecule has 0 bridgehead atoms. The highest BCUT2D eigenvalue weighted by Crippen LogP contribution is 1.90. The van der Waals surface area contributed by atoms with Gasteiger partial charge < -0.3 is 9.71 Å². The van der Waals surface area contributed by atoms with E-state index in [2.05, 4.69) is 11.8 Å². The molecule has 11 heavy (non-hydrogen) atoms. The lowest BCUT2D eigenvalue weighted by Crippen LogP contribution is -2.35. The summed E-state index contributed by atoms with van der Waals surface area (Å²) in [7, 11) is 11.5. The molecule has 0 aromatic rings. The highest BCUT2D eigenvalue weighted by Gasteiger charge is 2.03. The smallest absolute Gasteiger partial charge is 0.182 e. The summed E-state index contributed by atoms with van der Waals surface area (Å²) in [5.74, 6) is 0. The van der Waals surface area contributed by atoms with E-state index in [0.717, 1.165) is 6.54 Å². The van der Waals surface area contributed by atoms with Gasteiger partial charge in [0, 0.05) is 12.6 Å². The number of hydrogen-bond donors (Lipinski definition) is 0.